The van der Waals surface area contributed by atoms with E-state index in [0.717, 1.165) is 17.3 Å². The number of halogens is 1. The fourth-order valence-corrected chi connectivity index (χ4v) is 2.76. The minimum atomic E-state index is 0.0135. The first-order valence-electron chi connectivity index (χ1n) is 7.43. The van der Waals surface area contributed by atoms with Crippen LogP contribution in [0.15, 0.2) is 28.7 Å². The van der Waals surface area contributed by atoms with E-state index in [9.17, 15) is 9.59 Å². The lowest BCUT2D eigenvalue weighted by Crippen LogP contribution is -2.46. The fraction of sp³-hybridized carbons (Fsp3) is 0.500. The number of amides is 2. The molecular formula is C16H21BrN2O3. The standard InChI is InChI=1S/C16H21BrN2O3/c1-22-11-8-15(20)18-14-6-9-19(10-7-14)16(21)12-2-4-13(17)5-3-12/h2-5,14H,6-11H2,1H3,(H,18,20). The van der Waals surface area contributed by atoms with E-state index >= 15 is 0 Å². The van der Waals surface area contributed by atoms with Crippen LogP contribution in [-0.4, -0.2) is 49.6 Å². The normalized spacial score (nSPS) is 15.6. The summed E-state index contributed by atoms with van der Waals surface area (Å²) in [4.78, 5) is 25.9. The van der Waals surface area contributed by atoms with Gasteiger partial charge in [-0.3, -0.25) is 9.59 Å². The maximum Gasteiger partial charge on any atom is 0.253 e. The van der Waals surface area contributed by atoms with Crippen LogP contribution in [0.2, 0.25) is 0 Å². The molecule has 1 fully saturated rings. The molecule has 120 valence electrons. The van der Waals surface area contributed by atoms with Crippen LogP contribution in [0.25, 0.3) is 0 Å². The average molecular weight is 369 g/mol. The van der Waals surface area contributed by atoms with Crippen molar-refractivity contribution < 1.29 is 14.3 Å². The zero-order chi connectivity index (χ0) is 15.9. The number of piperidine rings is 1. The molecule has 0 radical (unpaired) electrons. The van der Waals surface area contributed by atoms with Crippen molar-refractivity contribution >= 4 is 27.7 Å². The molecule has 22 heavy (non-hydrogen) atoms. The highest BCUT2D eigenvalue weighted by atomic mass is 79.9. The van der Waals surface area contributed by atoms with Crippen LogP contribution in [-0.2, 0) is 9.53 Å². The third-order valence-corrected chi connectivity index (χ3v) is 4.30. The van der Waals surface area contributed by atoms with Gasteiger partial charge in [0.2, 0.25) is 5.91 Å². The Morgan fingerprint density at radius 2 is 1.91 bits per heavy atom. The van der Waals surface area contributed by atoms with Gasteiger partial charge in [0.1, 0.15) is 0 Å². The number of ether oxygens (including phenoxy) is 1. The number of nitrogens with zero attached hydrogens (tertiary/aromatic N) is 1. The Morgan fingerprint density at radius 1 is 1.27 bits per heavy atom. The molecule has 0 atom stereocenters. The van der Waals surface area contributed by atoms with E-state index in [-0.39, 0.29) is 17.9 Å². The first kappa shape index (κ1) is 17.0. The van der Waals surface area contributed by atoms with Crippen LogP contribution >= 0.6 is 15.9 Å². The minimum absolute atomic E-state index is 0.0135. The lowest BCUT2D eigenvalue weighted by molar-refractivity contribution is -0.122. The Kier molecular flexibility index (Phi) is 6.39. The van der Waals surface area contributed by atoms with E-state index in [4.69, 9.17) is 4.74 Å². The number of carbonyl (C=O) groups excluding carboxylic acids is 2. The second-order valence-corrected chi connectivity index (χ2v) is 6.30. The van der Waals surface area contributed by atoms with Gasteiger partial charge < -0.3 is 15.0 Å². The third-order valence-electron chi connectivity index (χ3n) is 3.77. The van der Waals surface area contributed by atoms with Crippen molar-refractivity contribution in [2.24, 2.45) is 0 Å². The second-order valence-electron chi connectivity index (χ2n) is 5.38. The van der Waals surface area contributed by atoms with Crippen LogP contribution in [0.4, 0.5) is 0 Å². The lowest BCUT2D eigenvalue weighted by Gasteiger charge is -2.32. The smallest absolute Gasteiger partial charge is 0.253 e. The summed E-state index contributed by atoms with van der Waals surface area (Å²) in [6.45, 7) is 1.78. The van der Waals surface area contributed by atoms with Crippen LogP contribution in [0, 0.1) is 0 Å². The number of nitrogens with one attached hydrogen (secondary N) is 1. The van der Waals surface area contributed by atoms with Crippen LogP contribution in [0.3, 0.4) is 0 Å². The van der Waals surface area contributed by atoms with Gasteiger partial charge in [0.15, 0.2) is 0 Å². The van der Waals surface area contributed by atoms with Gasteiger partial charge in [-0.05, 0) is 37.1 Å². The maximum absolute atomic E-state index is 12.4. The monoisotopic (exact) mass is 368 g/mol. The van der Waals surface area contributed by atoms with E-state index in [1.807, 2.05) is 29.2 Å². The molecule has 0 bridgehead atoms. The molecular weight excluding hydrogens is 348 g/mol. The van der Waals surface area contributed by atoms with Crippen LogP contribution in [0.1, 0.15) is 29.6 Å². The highest BCUT2D eigenvalue weighted by Crippen LogP contribution is 2.16. The number of rotatable bonds is 5. The molecule has 1 N–H and O–H groups in total. The SMILES string of the molecule is COCCC(=O)NC1CCN(C(=O)c2ccc(Br)cc2)CC1. The third kappa shape index (κ3) is 4.81. The van der Waals surface area contributed by atoms with Crippen molar-refractivity contribution in [2.45, 2.75) is 25.3 Å². The van der Waals surface area contributed by atoms with Crippen molar-refractivity contribution in [1.29, 1.82) is 0 Å². The number of benzene rings is 1. The minimum Gasteiger partial charge on any atom is -0.384 e. The van der Waals surface area contributed by atoms with Gasteiger partial charge in [-0.2, -0.15) is 0 Å². The predicted octanol–water partition coefficient (Wildman–Crippen LogP) is 2.21. The molecule has 6 heteroatoms. The number of hydrogen-bond acceptors (Lipinski definition) is 3. The van der Waals surface area contributed by atoms with Crippen molar-refractivity contribution in [1.82, 2.24) is 10.2 Å². The molecule has 0 saturated carbocycles. The van der Waals surface area contributed by atoms with Crippen molar-refractivity contribution in [3.8, 4) is 0 Å². The van der Waals surface area contributed by atoms with E-state index in [1.54, 1.807) is 7.11 Å². The van der Waals surface area contributed by atoms with Crippen molar-refractivity contribution in [3.63, 3.8) is 0 Å². The van der Waals surface area contributed by atoms with Gasteiger partial charge in [-0.15, -0.1) is 0 Å². The summed E-state index contributed by atoms with van der Waals surface area (Å²) >= 11 is 3.37. The number of carbonyl (C=O) groups is 2. The molecule has 1 aromatic carbocycles. The Balaban J connectivity index is 1.80. The molecule has 2 rings (SSSR count). The number of likely N-dealkylation sites (tertiary alicyclic amines) is 1. The molecule has 1 saturated heterocycles. The number of methoxy groups -OCH3 is 1. The van der Waals surface area contributed by atoms with Gasteiger partial charge in [0.05, 0.1) is 6.61 Å². The quantitative estimate of drug-likeness (QED) is 0.866. The van der Waals surface area contributed by atoms with Gasteiger partial charge in [0.25, 0.3) is 5.91 Å². The summed E-state index contributed by atoms with van der Waals surface area (Å²) in [6, 6.07) is 7.54. The lowest BCUT2D eigenvalue weighted by atomic mass is 10.0. The van der Waals surface area contributed by atoms with E-state index in [2.05, 4.69) is 21.2 Å². The zero-order valence-corrected chi connectivity index (χ0v) is 14.3. The molecule has 1 heterocycles. The summed E-state index contributed by atoms with van der Waals surface area (Å²) in [6.07, 6.45) is 1.97. The summed E-state index contributed by atoms with van der Waals surface area (Å²) in [5, 5.41) is 3.00. The molecule has 0 aliphatic carbocycles. The van der Waals surface area contributed by atoms with Gasteiger partial charge in [-0.25, -0.2) is 0 Å². The Hall–Kier alpha value is -1.40. The molecule has 0 aromatic heterocycles. The number of hydrogen-bond donors (Lipinski definition) is 1. The molecule has 5 nitrogen and oxygen atoms in total. The summed E-state index contributed by atoms with van der Waals surface area (Å²) in [5.74, 6) is 0.0659. The van der Waals surface area contributed by atoms with Gasteiger partial charge in [-0.1, -0.05) is 15.9 Å². The molecule has 2 amide bonds. The topological polar surface area (TPSA) is 58.6 Å². The summed E-state index contributed by atoms with van der Waals surface area (Å²) in [7, 11) is 1.58. The summed E-state index contributed by atoms with van der Waals surface area (Å²) in [5.41, 5.74) is 0.700. The Morgan fingerprint density at radius 3 is 2.50 bits per heavy atom. The maximum atomic E-state index is 12.4. The van der Waals surface area contributed by atoms with Crippen LogP contribution in [0.5, 0.6) is 0 Å². The first-order chi connectivity index (χ1) is 10.6. The van der Waals surface area contributed by atoms with E-state index < -0.39 is 0 Å². The van der Waals surface area contributed by atoms with Crippen LogP contribution < -0.4 is 5.32 Å². The molecule has 0 spiro atoms. The Labute approximate surface area is 139 Å². The largest absolute Gasteiger partial charge is 0.384 e. The van der Waals surface area contributed by atoms with E-state index in [0.29, 0.717) is 31.7 Å². The molecule has 1 aliphatic heterocycles. The van der Waals surface area contributed by atoms with Gasteiger partial charge in [0, 0.05) is 42.7 Å². The Bertz CT molecular complexity index is 511. The average Bonchev–Trinajstić information content (AvgIpc) is 2.54. The van der Waals surface area contributed by atoms with E-state index in [1.165, 1.54) is 0 Å². The highest BCUT2D eigenvalue weighted by Gasteiger charge is 2.24. The molecule has 1 aliphatic rings. The predicted molar refractivity (Wildman–Crippen MR) is 87.7 cm³/mol. The van der Waals surface area contributed by atoms with Crippen molar-refractivity contribution in [2.75, 3.05) is 26.8 Å². The molecule has 0 unspecified atom stereocenters. The van der Waals surface area contributed by atoms with Gasteiger partial charge >= 0.3 is 0 Å². The second kappa shape index (κ2) is 8.29. The zero-order valence-electron chi connectivity index (χ0n) is 12.7. The fourth-order valence-electron chi connectivity index (χ4n) is 2.50. The first-order valence-corrected chi connectivity index (χ1v) is 8.22. The highest BCUT2D eigenvalue weighted by molar-refractivity contribution is 9.10. The van der Waals surface area contributed by atoms with Crippen molar-refractivity contribution in [3.05, 3.63) is 34.3 Å². The summed E-state index contributed by atoms with van der Waals surface area (Å²) < 4.78 is 5.85. The molecule has 1 aromatic rings.